The van der Waals surface area contributed by atoms with E-state index in [0.29, 0.717) is 11.5 Å². The maximum Gasteiger partial charge on any atom is 2.00 e. The fraction of sp³-hybridized carbons (Fsp3) is 0. The summed E-state index contributed by atoms with van der Waals surface area (Å²) in [6, 6.07) is 17.4. The van der Waals surface area contributed by atoms with Crippen molar-refractivity contribution in [1.82, 2.24) is 0 Å². The molecule has 4 N–H and O–H groups in total. The van der Waals surface area contributed by atoms with Gasteiger partial charge in [0.2, 0.25) is 0 Å². The Hall–Kier alpha value is -0.780. The number of rotatable bonds is 0. The second kappa shape index (κ2) is 13.3. The minimum atomic E-state index is 0. The van der Waals surface area contributed by atoms with E-state index in [4.69, 9.17) is 10.2 Å². The van der Waals surface area contributed by atoms with Gasteiger partial charge in [-0.1, -0.05) is 36.4 Å². The van der Waals surface area contributed by atoms with E-state index in [1.807, 2.05) is 12.1 Å². The van der Waals surface area contributed by atoms with Crippen LogP contribution in [0.25, 0.3) is 0 Å². The number of phenolic OH excluding ortho intramolecular Hbond substituents is 2. The SMILES string of the molecule is Oc1ccccc1.Oc1ccccc1.[Ca+2].[OH-].[OH-]. The summed E-state index contributed by atoms with van der Waals surface area (Å²) in [6.07, 6.45) is 0. The molecule has 0 spiro atoms. The normalized spacial score (nSPS) is 7.06. The molecule has 0 radical (unpaired) electrons. The summed E-state index contributed by atoms with van der Waals surface area (Å²) < 4.78 is 0. The summed E-state index contributed by atoms with van der Waals surface area (Å²) in [5.41, 5.74) is 0. The van der Waals surface area contributed by atoms with Crippen LogP contribution in [-0.2, 0) is 0 Å². The van der Waals surface area contributed by atoms with Crippen molar-refractivity contribution in [2.75, 3.05) is 0 Å². The van der Waals surface area contributed by atoms with Crippen molar-refractivity contribution in [2.45, 2.75) is 0 Å². The van der Waals surface area contributed by atoms with Crippen molar-refractivity contribution in [3.8, 4) is 11.5 Å². The van der Waals surface area contributed by atoms with Crippen LogP contribution in [0.1, 0.15) is 0 Å². The molecule has 5 heteroatoms. The minimum absolute atomic E-state index is 0. The Balaban J connectivity index is -0.000000196. The van der Waals surface area contributed by atoms with Gasteiger partial charge in [0.05, 0.1) is 0 Å². The van der Waals surface area contributed by atoms with Crippen LogP contribution in [0, 0.1) is 0 Å². The Morgan fingerprint density at radius 2 is 0.765 bits per heavy atom. The van der Waals surface area contributed by atoms with Crippen LogP contribution < -0.4 is 0 Å². The zero-order chi connectivity index (χ0) is 10.2. The van der Waals surface area contributed by atoms with Crippen LogP contribution in [0.4, 0.5) is 0 Å². The van der Waals surface area contributed by atoms with Gasteiger partial charge in [-0.3, -0.25) is 0 Å². The molecule has 2 rings (SSSR count). The molecular weight excluding hydrogens is 248 g/mol. The predicted octanol–water partition coefficient (Wildman–Crippen LogP) is 2.05. The van der Waals surface area contributed by atoms with Crippen molar-refractivity contribution >= 4 is 37.7 Å². The van der Waals surface area contributed by atoms with Crippen LogP contribution in [0.15, 0.2) is 60.7 Å². The fourth-order valence-electron chi connectivity index (χ4n) is 0.856. The molecule has 0 fully saturated rings. The third-order valence-corrected chi connectivity index (χ3v) is 1.51. The molecule has 0 amide bonds. The van der Waals surface area contributed by atoms with Gasteiger partial charge in [0.15, 0.2) is 0 Å². The van der Waals surface area contributed by atoms with Gasteiger partial charge in [0.25, 0.3) is 0 Å². The second-order valence-electron chi connectivity index (χ2n) is 2.67. The first-order valence-corrected chi connectivity index (χ1v) is 4.27. The molecule has 0 heterocycles. The third kappa shape index (κ3) is 11.5. The summed E-state index contributed by atoms with van der Waals surface area (Å²) >= 11 is 0. The topological polar surface area (TPSA) is 100 Å². The molecule has 88 valence electrons. The third-order valence-electron chi connectivity index (χ3n) is 1.51. The average Bonchev–Trinajstić information content (AvgIpc) is 2.21. The number of benzene rings is 2. The molecular formula is C12H14CaO4. The number of para-hydroxylation sites is 2. The van der Waals surface area contributed by atoms with Crippen LogP contribution >= 0.6 is 0 Å². The van der Waals surface area contributed by atoms with Crippen molar-refractivity contribution in [3.05, 3.63) is 60.7 Å². The van der Waals surface area contributed by atoms with Gasteiger partial charge in [-0.15, -0.1) is 0 Å². The largest absolute Gasteiger partial charge is 2.00 e. The van der Waals surface area contributed by atoms with Crippen LogP contribution in [0.3, 0.4) is 0 Å². The molecule has 0 saturated carbocycles. The fourth-order valence-corrected chi connectivity index (χ4v) is 0.856. The summed E-state index contributed by atoms with van der Waals surface area (Å²) in [5, 5.41) is 17.3. The Kier molecular flexibility index (Phi) is 16.8. The molecule has 2 aromatic carbocycles. The molecule has 0 atom stereocenters. The predicted molar refractivity (Wildman–Crippen MR) is 65.8 cm³/mol. The molecule has 4 nitrogen and oxygen atoms in total. The van der Waals surface area contributed by atoms with Crippen LogP contribution in [0.2, 0.25) is 0 Å². The Morgan fingerprint density at radius 3 is 0.882 bits per heavy atom. The van der Waals surface area contributed by atoms with Crippen LogP contribution in [0.5, 0.6) is 11.5 Å². The van der Waals surface area contributed by atoms with Gasteiger partial charge < -0.3 is 21.2 Å². The van der Waals surface area contributed by atoms with E-state index in [-0.39, 0.29) is 48.7 Å². The quantitative estimate of drug-likeness (QED) is 0.709. The second-order valence-corrected chi connectivity index (χ2v) is 2.67. The standard InChI is InChI=1S/2C6H6O.Ca.2H2O/c2*7-6-4-2-1-3-5-6;;;/h2*1-5,7H;;2*1H2/q;;+2;;/p-2. The molecule has 0 bridgehead atoms. The minimum Gasteiger partial charge on any atom is -0.870 e. The van der Waals surface area contributed by atoms with Crippen molar-refractivity contribution in [2.24, 2.45) is 0 Å². The van der Waals surface area contributed by atoms with E-state index in [1.165, 1.54) is 0 Å². The van der Waals surface area contributed by atoms with E-state index in [0.717, 1.165) is 0 Å². The molecule has 0 aliphatic heterocycles. The average molecular weight is 262 g/mol. The van der Waals surface area contributed by atoms with E-state index >= 15 is 0 Å². The van der Waals surface area contributed by atoms with Gasteiger partial charge >= 0.3 is 37.7 Å². The van der Waals surface area contributed by atoms with E-state index in [2.05, 4.69) is 0 Å². The smallest absolute Gasteiger partial charge is 0.870 e. The maximum atomic E-state index is 8.63. The molecule has 0 saturated heterocycles. The zero-order valence-electron chi connectivity index (χ0n) is 9.27. The van der Waals surface area contributed by atoms with Gasteiger partial charge in [-0.25, -0.2) is 0 Å². The molecule has 17 heavy (non-hydrogen) atoms. The number of hydrogen-bond donors (Lipinski definition) is 2. The zero-order valence-corrected chi connectivity index (χ0v) is 11.5. The Morgan fingerprint density at radius 1 is 0.529 bits per heavy atom. The number of aromatic hydroxyl groups is 2. The first kappa shape index (κ1) is 21.5. The Bertz CT molecular complexity index is 316. The molecule has 0 aliphatic carbocycles. The summed E-state index contributed by atoms with van der Waals surface area (Å²) in [7, 11) is 0. The van der Waals surface area contributed by atoms with Gasteiger partial charge in [0.1, 0.15) is 11.5 Å². The monoisotopic (exact) mass is 262 g/mol. The van der Waals surface area contributed by atoms with Gasteiger partial charge in [-0.2, -0.15) is 0 Å². The first-order valence-electron chi connectivity index (χ1n) is 4.27. The van der Waals surface area contributed by atoms with E-state index in [9.17, 15) is 0 Å². The molecule has 2 aromatic rings. The summed E-state index contributed by atoms with van der Waals surface area (Å²) in [6.45, 7) is 0. The summed E-state index contributed by atoms with van der Waals surface area (Å²) in [5.74, 6) is 0.644. The molecule has 0 unspecified atom stereocenters. The van der Waals surface area contributed by atoms with Crippen molar-refractivity contribution in [3.63, 3.8) is 0 Å². The van der Waals surface area contributed by atoms with Crippen molar-refractivity contribution < 1.29 is 21.2 Å². The van der Waals surface area contributed by atoms with E-state index < -0.39 is 0 Å². The number of phenols is 2. The van der Waals surface area contributed by atoms with Gasteiger partial charge in [0, 0.05) is 0 Å². The van der Waals surface area contributed by atoms with Crippen LogP contribution in [-0.4, -0.2) is 58.9 Å². The first-order chi connectivity index (χ1) is 6.79. The van der Waals surface area contributed by atoms with Gasteiger partial charge in [-0.05, 0) is 24.3 Å². The maximum absolute atomic E-state index is 8.63. The van der Waals surface area contributed by atoms with E-state index in [1.54, 1.807) is 48.5 Å². The molecule has 0 aromatic heterocycles. The summed E-state index contributed by atoms with van der Waals surface area (Å²) in [4.78, 5) is 0. The Labute approximate surface area is 130 Å². The molecule has 0 aliphatic rings. The van der Waals surface area contributed by atoms with Crippen molar-refractivity contribution in [1.29, 1.82) is 0 Å². The number of hydrogen-bond acceptors (Lipinski definition) is 4.